The predicted octanol–water partition coefficient (Wildman–Crippen LogP) is 1.87. The first-order chi connectivity index (χ1) is 7.91. The summed E-state index contributed by atoms with van der Waals surface area (Å²) in [5, 5.41) is 0. The van der Waals surface area contributed by atoms with Crippen molar-refractivity contribution in [3.05, 3.63) is 0 Å². The van der Waals surface area contributed by atoms with E-state index in [9.17, 15) is 9.59 Å². The average molecular weight is 224 g/mol. The Kier molecular flexibility index (Phi) is 12.6. The first-order valence-electron chi connectivity index (χ1n) is 5.75. The molecular weight excluding hydrogens is 204 g/mol. The lowest BCUT2D eigenvalue weighted by Crippen LogP contribution is -1.85. The second kappa shape index (κ2) is 13.7. The number of aliphatic imine (C=N–C) groups is 2. The van der Waals surface area contributed by atoms with Crippen molar-refractivity contribution in [2.24, 2.45) is 9.98 Å². The maximum absolute atomic E-state index is 9.94. The second-order valence-electron chi connectivity index (χ2n) is 3.42. The highest BCUT2D eigenvalue weighted by Gasteiger charge is 1.88. The zero-order valence-electron chi connectivity index (χ0n) is 9.68. The van der Waals surface area contributed by atoms with Gasteiger partial charge in [-0.15, -0.1) is 0 Å². The van der Waals surface area contributed by atoms with Gasteiger partial charge in [0.15, 0.2) is 0 Å². The predicted molar refractivity (Wildman–Crippen MR) is 66.5 cm³/mol. The largest absolute Gasteiger partial charge is 0.301 e. The second-order valence-corrected chi connectivity index (χ2v) is 3.42. The molecule has 4 heteroatoms. The van der Waals surface area contributed by atoms with Crippen molar-refractivity contribution >= 4 is 25.0 Å². The molecule has 0 bridgehead atoms. The van der Waals surface area contributed by atoms with Crippen molar-refractivity contribution in [1.82, 2.24) is 0 Å². The standard InChI is InChI=1S/C12H20N2O2/c15-11-9-13-7-5-3-1-2-4-6-8-14-10-12-16/h7-8,11-12H,1-6,9-10H2. The first-order valence-corrected chi connectivity index (χ1v) is 5.75. The van der Waals surface area contributed by atoms with Gasteiger partial charge in [-0.2, -0.15) is 0 Å². The number of aldehydes is 2. The van der Waals surface area contributed by atoms with Gasteiger partial charge in [-0.1, -0.05) is 12.8 Å². The average Bonchev–Trinajstić information content (AvgIpc) is 2.31. The van der Waals surface area contributed by atoms with Gasteiger partial charge in [0.25, 0.3) is 0 Å². The molecule has 0 amide bonds. The van der Waals surface area contributed by atoms with Crippen LogP contribution in [0.15, 0.2) is 9.98 Å². The number of unbranched alkanes of at least 4 members (excludes halogenated alkanes) is 5. The van der Waals surface area contributed by atoms with Crippen molar-refractivity contribution in [3.63, 3.8) is 0 Å². The molecule has 16 heavy (non-hydrogen) atoms. The Hall–Kier alpha value is -1.32. The van der Waals surface area contributed by atoms with Gasteiger partial charge >= 0.3 is 0 Å². The number of nitrogens with zero attached hydrogens (tertiary/aromatic N) is 2. The Morgan fingerprint density at radius 3 is 1.50 bits per heavy atom. The van der Waals surface area contributed by atoms with Crippen LogP contribution in [0.2, 0.25) is 0 Å². The lowest BCUT2D eigenvalue weighted by atomic mass is 10.1. The fraction of sp³-hybridized carbons (Fsp3) is 0.667. The Bertz CT molecular complexity index is 201. The molecule has 0 heterocycles. The molecule has 0 N–H and O–H groups in total. The molecule has 0 aromatic carbocycles. The molecule has 0 unspecified atom stereocenters. The Morgan fingerprint density at radius 1 is 0.688 bits per heavy atom. The molecular formula is C12H20N2O2. The van der Waals surface area contributed by atoms with Gasteiger partial charge in [0.1, 0.15) is 12.6 Å². The van der Waals surface area contributed by atoms with Gasteiger partial charge < -0.3 is 9.59 Å². The molecule has 0 radical (unpaired) electrons. The zero-order valence-corrected chi connectivity index (χ0v) is 9.68. The van der Waals surface area contributed by atoms with Crippen LogP contribution < -0.4 is 0 Å². The van der Waals surface area contributed by atoms with Gasteiger partial charge in [0.2, 0.25) is 0 Å². The van der Waals surface area contributed by atoms with Crippen LogP contribution in [0.4, 0.5) is 0 Å². The molecule has 0 aromatic rings. The van der Waals surface area contributed by atoms with E-state index < -0.39 is 0 Å². The molecule has 0 rings (SSSR count). The van der Waals surface area contributed by atoms with E-state index in [0.717, 1.165) is 38.3 Å². The van der Waals surface area contributed by atoms with Crippen molar-refractivity contribution in [3.8, 4) is 0 Å². The van der Waals surface area contributed by atoms with E-state index in [1.54, 1.807) is 0 Å². The van der Waals surface area contributed by atoms with Gasteiger partial charge in [0.05, 0.1) is 13.1 Å². The summed E-state index contributed by atoms with van der Waals surface area (Å²) in [4.78, 5) is 27.7. The quantitative estimate of drug-likeness (QED) is 0.305. The van der Waals surface area contributed by atoms with E-state index in [0.29, 0.717) is 0 Å². The van der Waals surface area contributed by atoms with Crippen LogP contribution in [0.1, 0.15) is 38.5 Å². The molecule has 0 saturated carbocycles. The number of carbonyl (C=O) groups is 2. The Morgan fingerprint density at radius 2 is 1.12 bits per heavy atom. The normalized spacial score (nSPS) is 11.2. The molecule has 0 aliphatic rings. The molecule has 0 saturated heterocycles. The fourth-order valence-electron chi connectivity index (χ4n) is 1.24. The summed E-state index contributed by atoms with van der Waals surface area (Å²) >= 11 is 0. The third kappa shape index (κ3) is 12.7. The third-order valence-corrected chi connectivity index (χ3v) is 2.03. The highest BCUT2D eigenvalue weighted by atomic mass is 16.1. The highest BCUT2D eigenvalue weighted by Crippen LogP contribution is 2.03. The summed E-state index contributed by atoms with van der Waals surface area (Å²) in [7, 11) is 0. The lowest BCUT2D eigenvalue weighted by molar-refractivity contribution is -0.107. The van der Waals surface area contributed by atoms with Crippen LogP contribution >= 0.6 is 0 Å². The summed E-state index contributed by atoms with van der Waals surface area (Å²) in [5.41, 5.74) is 0. The van der Waals surface area contributed by atoms with Gasteiger partial charge in [-0.25, -0.2) is 0 Å². The van der Waals surface area contributed by atoms with Crippen molar-refractivity contribution in [2.45, 2.75) is 38.5 Å². The summed E-state index contributed by atoms with van der Waals surface area (Å²) in [6, 6.07) is 0. The minimum Gasteiger partial charge on any atom is -0.301 e. The molecule has 90 valence electrons. The van der Waals surface area contributed by atoms with E-state index >= 15 is 0 Å². The summed E-state index contributed by atoms with van der Waals surface area (Å²) < 4.78 is 0. The highest BCUT2D eigenvalue weighted by molar-refractivity contribution is 5.62. The number of hydrogen-bond donors (Lipinski definition) is 0. The molecule has 0 aromatic heterocycles. The van der Waals surface area contributed by atoms with E-state index in [-0.39, 0.29) is 13.1 Å². The van der Waals surface area contributed by atoms with Crippen LogP contribution in [0.25, 0.3) is 0 Å². The van der Waals surface area contributed by atoms with Crippen molar-refractivity contribution in [2.75, 3.05) is 13.1 Å². The smallest absolute Gasteiger partial charge is 0.141 e. The zero-order chi connectivity index (χ0) is 11.9. The first kappa shape index (κ1) is 14.7. The van der Waals surface area contributed by atoms with E-state index in [1.165, 1.54) is 12.8 Å². The molecule has 4 nitrogen and oxygen atoms in total. The van der Waals surface area contributed by atoms with Crippen LogP contribution in [0.5, 0.6) is 0 Å². The van der Waals surface area contributed by atoms with Crippen molar-refractivity contribution in [1.29, 1.82) is 0 Å². The lowest BCUT2D eigenvalue weighted by Gasteiger charge is -1.95. The van der Waals surface area contributed by atoms with Crippen LogP contribution in [-0.2, 0) is 9.59 Å². The van der Waals surface area contributed by atoms with Gasteiger partial charge in [0, 0.05) is 0 Å². The van der Waals surface area contributed by atoms with Crippen molar-refractivity contribution < 1.29 is 9.59 Å². The van der Waals surface area contributed by atoms with Crippen LogP contribution in [0.3, 0.4) is 0 Å². The minimum absolute atomic E-state index is 0.285. The van der Waals surface area contributed by atoms with Gasteiger partial charge in [-0.05, 0) is 38.1 Å². The Balaban J connectivity index is 3.09. The fourth-order valence-corrected chi connectivity index (χ4v) is 1.24. The maximum Gasteiger partial charge on any atom is 0.141 e. The van der Waals surface area contributed by atoms with E-state index in [1.807, 2.05) is 12.4 Å². The number of rotatable bonds is 11. The molecule has 0 aliphatic heterocycles. The summed E-state index contributed by atoms with van der Waals surface area (Å²) in [6.45, 7) is 0.570. The monoisotopic (exact) mass is 224 g/mol. The summed E-state index contributed by atoms with van der Waals surface area (Å²) in [6.07, 6.45) is 11.7. The van der Waals surface area contributed by atoms with Crippen LogP contribution in [0, 0.1) is 0 Å². The van der Waals surface area contributed by atoms with E-state index in [2.05, 4.69) is 9.98 Å². The molecule has 0 spiro atoms. The molecule has 0 atom stereocenters. The SMILES string of the molecule is O=CCN=CCCCCCCC=NCC=O. The minimum atomic E-state index is 0.285. The molecule has 0 fully saturated rings. The summed E-state index contributed by atoms with van der Waals surface area (Å²) in [5.74, 6) is 0. The maximum atomic E-state index is 9.94. The molecule has 0 aliphatic carbocycles. The van der Waals surface area contributed by atoms with Crippen LogP contribution in [-0.4, -0.2) is 38.1 Å². The number of carbonyl (C=O) groups excluding carboxylic acids is 2. The topological polar surface area (TPSA) is 58.9 Å². The van der Waals surface area contributed by atoms with Gasteiger partial charge in [-0.3, -0.25) is 9.98 Å². The third-order valence-electron chi connectivity index (χ3n) is 2.03. The Labute approximate surface area is 96.9 Å². The number of hydrogen-bond acceptors (Lipinski definition) is 4. The van der Waals surface area contributed by atoms with E-state index in [4.69, 9.17) is 0 Å².